The van der Waals surface area contributed by atoms with Crippen LogP contribution >= 0.6 is 0 Å². The van der Waals surface area contributed by atoms with Crippen molar-refractivity contribution in [2.45, 2.75) is 25.2 Å². The van der Waals surface area contributed by atoms with Crippen LogP contribution in [0.2, 0.25) is 0 Å². The molecule has 0 radical (unpaired) electrons. The zero-order chi connectivity index (χ0) is 25.1. The summed E-state index contributed by atoms with van der Waals surface area (Å²) in [6.45, 7) is 4.62. The maximum atomic E-state index is 6.54. The van der Waals surface area contributed by atoms with E-state index in [2.05, 4.69) is 63.0 Å². The number of hydrogen-bond donors (Lipinski definition) is 2. The molecule has 0 atom stereocenters. The number of H-pyrrole nitrogens is 1. The lowest BCUT2D eigenvalue weighted by atomic mass is 9.73. The zero-order valence-corrected chi connectivity index (χ0v) is 20.9. The van der Waals surface area contributed by atoms with Gasteiger partial charge in [-0.15, -0.1) is 0 Å². The van der Waals surface area contributed by atoms with Crippen LogP contribution in [0, 0.1) is 6.92 Å². The molecule has 0 unspecified atom stereocenters. The first-order valence-electron chi connectivity index (χ1n) is 12.8. The summed E-state index contributed by atoms with van der Waals surface area (Å²) >= 11 is 0. The highest BCUT2D eigenvalue weighted by atomic mass is 16.5. The number of aryl methyl sites for hydroxylation is 1. The van der Waals surface area contributed by atoms with Gasteiger partial charge in [-0.25, -0.2) is 4.98 Å². The van der Waals surface area contributed by atoms with Gasteiger partial charge in [0.15, 0.2) is 0 Å². The number of aromatic amines is 1. The van der Waals surface area contributed by atoms with Crippen LogP contribution in [0.1, 0.15) is 24.1 Å². The summed E-state index contributed by atoms with van der Waals surface area (Å²) in [7, 11) is 0. The third-order valence-corrected chi connectivity index (χ3v) is 7.45. The van der Waals surface area contributed by atoms with E-state index in [0.29, 0.717) is 12.5 Å². The maximum absolute atomic E-state index is 6.54. The van der Waals surface area contributed by atoms with Gasteiger partial charge < -0.3 is 14.5 Å². The van der Waals surface area contributed by atoms with Crippen LogP contribution in [0.15, 0.2) is 95.9 Å². The van der Waals surface area contributed by atoms with Crippen LogP contribution in [-0.2, 0) is 5.41 Å². The fraction of sp³-hybridized carbons (Fsp3) is 0.226. The zero-order valence-electron chi connectivity index (χ0n) is 20.9. The lowest BCUT2D eigenvalue weighted by Crippen LogP contribution is -2.43. The Morgan fingerprint density at radius 3 is 2.43 bits per heavy atom. The molecule has 186 valence electrons. The van der Waals surface area contributed by atoms with Gasteiger partial charge in [-0.1, -0.05) is 54.6 Å². The molecule has 3 aromatic carbocycles. The molecule has 1 saturated heterocycles. The van der Waals surface area contributed by atoms with E-state index in [1.165, 1.54) is 11.1 Å². The van der Waals surface area contributed by atoms with Gasteiger partial charge in [-0.2, -0.15) is 5.10 Å². The van der Waals surface area contributed by atoms with Gasteiger partial charge in [0.05, 0.1) is 18.5 Å². The van der Waals surface area contributed by atoms with Crippen molar-refractivity contribution in [3.05, 3.63) is 103 Å². The van der Waals surface area contributed by atoms with Crippen LogP contribution < -0.4 is 10.1 Å². The van der Waals surface area contributed by atoms with Crippen molar-refractivity contribution in [1.82, 2.24) is 20.5 Å². The Morgan fingerprint density at radius 2 is 1.70 bits per heavy atom. The standard InChI is InChI=1S/C31H30N4O2/c1-22-29(20-34-35-22)23-9-11-25(12-10-23)31(13-15-32-16-14-31)21-37-26-6-4-5-24(19-26)27-7-2-3-8-28(27)30-33-17-18-36-30/h2-12,17-20,32H,13-16,21H2,1H3,(H,34,35). The number of oxazole rings is 1. The second-order valence-corrected chi connectivity index (χ2v) is 9.69. The third-order valence-electron chi connectivity index (χ3n) is 7.45. The van der Waals surface area contributed by atoms with E-state index in [4.69, 9.17) is 9.15 Å². The number of aromatic nitrogens is 3. The first-order chi connectivity index (χ1) is 18.2. The van der Waals surface area contributed by atoms with Crippen molar-refractivity contribution in [1.29, 1.82) is 0 Å². The molecule has 3 heterocycles. The number of ether oxygens (including phenoxy) is 1. The normalized spacial score (nSPS) is 14.9. The summed E-state index contributed by atoms with van der Waals surface area (Å²) in [5.74, 6) is 1.48. The highest BCUT2D eigenvalue weighted by Crippen LogP contribution is 2.37. The molecule has 5 aromatic rings. The average molecular weight is 491 g/mol. The minimum atomic E-state index is -0.0405. The van der Waals surface area contributed by atoms with Crippen LogP contribution in [-0.4, -0.2) is 34.9 Å². The predicted octanol–water partition coefficient (Wildman–Crippen LogP) is 6.41. The van der Waals surface area contributed by atoms with Crippen molar-refractivity contribution < 1.29 is 9.15 Å². The minimum Gasteiger partial charge on any atom is -0.493 e. The van der Waals surface area contributed by atoms with Gasteiger partial charge in [-0.05, 0) is 73.3 Å². The number of benzene rings is 3. The van der Waals surface area contributed by atoms with E-state index in [1.54, 1.807) is 12.5 Å². The average Bonchev–Trinajstić information content (AvgIpc) is 3.65. The number of piperidine rings is 1. The molecule has 2 N–H and O–H groups in total. The number of hydrogen-bond acceptors (Lipinski definition) is 5. The SMILES string of the molecule is Cc1n[nH]cc1-c1ccc(C2(COc3cccc(-c4ccccc4-c4ncco4)c3)CCNCC2)cc1. The van der Waals surface area contributed by atoms with E-state index in [1.807, 2.05) is 43.5 Å². The van der Waals surface area contributed by atoms with E-state index >= 15 is 0 Å². The fourth-order valence-electron chi connectivity index (χ4n) is 5.33. The quantitative estimate of drug-likeness (QED) is 0.276. The van der Waals surface area contributed by atoms with Crippen LogP contribution in [0.4, 0.5) is 0 Å². The summed E-state index contributed by atoms with van der Waals surface area (Å²) in [6.07, 6.45) is 7.30. The molecule has 6 nitrogen and oxygen atoms in total. The highest BCUT2D eigenvalue weighted by molar-refractivity contribution is 5.80. The van der Waals surface area contributed by atoms with Crippen LogP contribution in [0.5, 0.6) is 5.75 Å². The molecule has 1 aliphatic heterocycles. The van der Waals surface area contributed by atoms with E-state index in [9.17, 15) is 0 Å². The van der Waals surface area contributed by atoms with Crippen LogP contribution in [0.25, 0.3) is 33.7 Å². The summed E-state index contributed by atoms with van der Waals surface area (Å²) in [5.41, 5.74) is 7.72. The molecule has 0 spiro atoms. The smallest absolute Gasteiger partial charge is 0.226 e. The Labute approximate surface area is 216 Å². The molecule has 1 aliphatic rings. The third kappa shape index (κ3) is 4.68. The van der Waals surface area contributed by atoms with Crippen molar-refractivity contribution in [2.75, 3.05) is 19.7 Å². The molecule has 0 amide bonds. The summed E-state index contributed by atoms with van der Waals surface area (Å²) < 4.78 is 12.1. The summed E-state index contributed by atoms with van der Waals surface area (Å²) in [6, 6.07) is 25.4. The highest BCUT2D eigenvalue weighted by Gasteiger charge is 2.35. The second-order valence-electron chi connectivity index (χ2n) is 9.69. The van der Waals surface area contributed by atoms with Crippen molar-refractivity contribution in [3.8, 4) is 39.5 Å². The van der Waals surface area contributed by atoms with Gasteiger partial charge in [-0.3, -0.25) is 5.10 Å². The monoisotopic (exact) mass is 490 g/mol. The maximum Gasteiger partial charge on any atom is 0.226 e. The molecular formula is C31H30N4O2. The largest absolute Gasteiger partial charge is 0.493 e. The molecular weight excluding hydrogens is 460 g/mol. The van der Waals surface area contributed by atoms with Gasteiger partial charge in [0.25, 0.3) is 0 Å². The van der Waals surface area contributed by atoms with Crippen molar-refractivity contribution >= 4 is 0 Å². The molecule has 6 rings (SSSR count). The van der Waals surface area contributed by atoms with E-state index in [0.717, 1.165) is 59.6 Å². The molecule has 1 fully saturated rings. The lowest BCUT2D eigenvalue weighted by Gasteiger charge is -2.38. The van der Waals surface area contributed by atoms with E-state index < -0.39 is 0 Å². The first kappa shape index (κ1) is 23.3. The number of nitrogens with zero attached hydrogens (tertiary/aromatic N) is 2. The van der Waals surface area contributed by atoms with Crippen LogP contribution in [0.3, 0.4) is 0 Å². The Morgan fingerprint density at radius 1 is 0.892 bits per heavy atom. The molecule has 0 saturated carbocycles. The fourth-order valence-corrected chi connectivity index (χ4v) is 5.33. The Bertz CT molecular complexity index is 1470. The molecule has 0 aliphatic carbocycles. The van der Waals surface area contributed by atoms with Gasteiger partial charge in [0.1, 0.15) is 12.0 Å². The first-order valence-corrected chi connectivity index (χ1v) is 12.8. The van der Waals surface area contributed by atoms with E-state index in [-0.39, 0.29) is 5.41 Å². The summed E-state index contributed by atoms with van der Waals surface area (Å²) in [4.78, 5) is 4.35. The van der Waals surface area contributed by atoms with Gasteiger partial charge in [0, 0.05) is 22.7 Å². The number of rotatable bonds is 7. The Balaban J connectivity index is 1.26. The summed E-state index contributed by atoms with van der Waals surface area (Å²) in [5, 5.41) is 10.7. The lowest BCUT2D eigenvalue weighted by molar-refractivity contribution is 0.176. The Hall–Kier alpha value is -4.16. The van der Waals surface area contributed by atoms with Gasteiger partial charge in [0.2, 0.25) is 5.89 Å². The minimum absolute atomic E-state index is 0.0405. The number of nitrogens with one attached hydrogen (secondary N) is 2. The Kier molecular flexibility index (Phi) is 6.33. The predicted molar refractivity (Wildman–Crippen MR) is 145 cm³/mol. The molecule has 37 heavy (non-hydrogen) atoms. The van der Waals surface area contributed by atoms with Crippen molar-refractivity contribution in [3.63, 3.8) is 0 Å². The second kappa shape index (κ2) is 10.1. The molecule has 2 aromatic heterocycles. The molecule has 6 heteroatoms. The van der Waals surface area contributed by atoms with Crippen molar-refractivity contribution in [2.24, 2.45) is 0 Å². The topological polar surface area (TPSA) is 76.0 Å². The molecule has 0 bridgehead atoms. The van der Waals surface area contributed by atoms with Gasteiger partial charge >= 0.3 is 0 Å².